The van der Waals surface area contributed by atoms with Crippen LogP contribution in [0.4, 0.5) is 13.2 Å². The number of rotatable bonds is 5. The van der Waals surface area contributed by atoms with Crippen molar-refractivity contribution in [1.82, 2.24) is 15.2 Å². The number of hydrogen-bond donors (Lipinski definition) is 1. The van der Waals surface area contributed by atoms with E-state index in [2.05, 4.69) is 31.9 Å². The smallest absolute Gasteiger partial charge is 0.422 e. The number of alkyl halides is 3. The molecule has 1 N–H and O–H groups in total. The van der Waals surface area contributed by atoms with Crippen molar-refractivity contribution >= 4 is 29.9 Å². The molecule has 9 heteroatoms. The molecule has 1 saturated heterocycles. The summed E-state index contributed by atoms with van der Waals surface area (Å²) in [5.74, 6) is 1.53. The maximum Gasteiger partial charge on any atom is 0.422 e. The van der Waals surface area contributed by atoms with Gasteiger partial charge in [0.15, 0.2) is 12.6 Å². The molecule has 1 aromatic rings. The van der Waals surface area contributed by atoms with Gasteiger partial charge in [-0.2, -0.15) is 13.2 Å². The number of likely N-dealkylation sites (tertiary alicyclic amines) is 1. The zero-order valence-corrected chi connectivity index (χ0v) is 17.4. The first-order valence-corrected chi connectivity index (χ1v) is 8.55. The van der Waals surface area contributed by atoms with E-state index in [1.165, 1.54) is 12.3 Å². The zero-order valence-electron chi connectivity index (χ0n) is 15.1. The summed E-state index contributed by atoms with van der Waals surface area (Å²) in [5, 5.41) is 3.28. The highest BCUT2D eigenvalue weighted by molar-refractivity contribution is 14.0. The van der Waals surface area contributed by atoms with Crippen LogP contribution in [0.3, 0.4) is 0 Å². The molecule has 0 aliphatic carbocycles. The van der Waals surface area contributed by atoms with E-state index in [4.69, 9.17) is 0 Å². The predicted molar refractivity (Wildman–Crippen MR) is 106 cm³/mol. The second-order valence-corrected chi connectivity index (χ2v) is 6.25. The van der Waals surface area contributed by atoms with E-state index in [-0.39, 0.29) is 29.9 Å². The first kappa shape index (κ1) is 22.8. The lowest BCUT2D eigenvalue weighted by Gasteiger charge is -2.33. The van der Waals surface area contributed by atoms with Gasteiger partial charge in [0.2, 0.25) is 5.88 Å². The first-order chi connectivity index (χ1) is 11.9. The van der Waals surface area contributed by atoms with Gasteiger partial charge in [0, 0.05) is 31.9 Å². The molecule has 1 aliphatic rings. The number of aliphatic imine (C=N–C) groups is 1. The van der Waals surface area contributed by atoms with Crippen LogP contribution in [0.15, 0.2) is 23.3 Å². The topological polar surface area (TPSA) is 49.8 Å². The number of hydrogen-bond acceptors (Lipinski definition) is 3. The van der Waals surface area contributed by atoms with Gasteiger partial charge < -0.3 is 15.0 Å². The van der Waals surface area contributed by atoms with Crippen LogP contribution < -0.4 is 10.1 Å². The second-order valence-electron chi connectivity index (χ2n) is 6.25. The van der Waals surface area contributed by atoms with Gasteiger partial charge in [-0.1, -0.05) is 6.92 Å². The van der Waals surface area contributed by atoms with Crippen molar-refractivity contribution < 1.29 is 17.9 Å². The van der Waals surface area contributed by atoms with Crippen LogP contribution in [-0.2, 0) is 6.54 Å². The van der Waals surface area contributed by atoms with E-state index in [0.717, 1.165) is 49.9 Å². The summed E-state index contributed by atoms with van der Waals surface area (Å²) in [5.41, 5.74) is 0.757. The van der Waals surface area contributed by atoms with E-state index in [1.807, 2.05) is 6.92 Å². The number of ether oxygens (including phenoxy) is 1. The summed E-state index contributed by atoms with van der Waals surface area (Å²) < 4.78 is 41.4. The maximum absolute atomic E-state index is 12.2. The quantitative estimate of drug-likeness (QED) is 0.391. The fourth-order valence-electron chi connectivity index (χ4n) is 2.60. The average Bonchev–Trinajstić information content (AvgIpc) is 2.57. The maximum atomic E-state index is 12.2. The van der Waals surface area contributed by atoms with Gasteiger partial charge in [-0.3, -0.25) is 0 Å². The molecule has 2 heterocycles. The molecule has 1 aliphatic heterocycles. The van der Waals surface area contributed by atoms with Crippen molar-refractivity contribution in [3.05, 3.63) is 23.9 Å². The van der Waals surface area contributed by atoms with Crippen LogP contribution in [0.1, 0.15) is 32.3 Å². The van der Waals surface area contributed by atoms with Crippen LogP contribution in [0.2, 0.25) is 0 Å². The lowest BCUT2D eigenvalue weighted by molar-refractivity contribution is -0.154. The third kappa shape index (κ3) is 7.96. The molecular formula is C17H26F3IN4O. The molecule has 0 atom stereocenters. The highest BCUT2D eigenvalue weighted by atomic mass is 127. The SMILES string of the molecule is CCNC(=NCc1ccnc(OCC(F)(F)F)c1)N1CCC(C)CC1.I. The van der Waals surface area contributed by atoms with Gasteiger partial charge in [0.1, 0.15) is 0 Å². The van der Waals surface area contributed by atoms with Crippen LogP contribution in [0.25, 0.3) is 0 Å². The Hall–Kier alpha value is -1.26. The molecule has 148 valence electrons. The van der Waals surface area contributed by atoms with E-state index in [0.29, 0.717) is 6.54 Å². The molecule has 0 unspecified atom stereocenters. The van der Waals surface area contributed by atoms with Crippen molar-refractivity contribution in [2.45, 2.75) is 39.4 Å². The van der Waals surface area contributed by atoms with Gasteiger partial charge in [-0.25, -0.2) is 9.98 Å². The molecule has 0 amide bonds. The first-order valence-electron chi connectivity index (χ1n) is 8.55. The molecule has 1 aromatic heterocycles. The van der Waals surface area contributed by atoms with E-state index < -0.39 is 12.8 Å². The Kier molecular flexibility index (Phi) is 9.45. The number of nitrogens with one attached hydrogen (secondary N) is 1. The van der Waals surface area contributed by atoms with Crippen molar-refractivity contribution in [3.8, 4) is 5.88 Å². The summed E-state index contributed by atoms with van der Waals surface area (Å²) in [6, 6.07) is 3.23. The summed E-state index contributed by atoms with van der Waals surface area (Å²) in [6.07, 6.45) is -0.671. The molecule has 0 aromatic carbocycles. The summed E-state index contributed by atoms with van der Waals surface area (Å²) in [4.78, 5) is 10.6. The summed E-state index contributed by atoms with van der Waals surface area (Å²) in [7, 11) is 0. The predicted octanol–water partition coefficient (Wildman–Crippen LogP) is 3.84. The standard InChI is InChI=1S/C17H25F3N4O.HI/c1-3-21-16(24-8-5-13(2)6-9-24)23-11-14-4-7-22-15(10-14)25-12-17(18,19)20;/h4,7,10,13H,3,5-6,8-9,11-12H2,1-2H3,(H,21,23);1H. The average molecular weight is 486 g/mol. The van der Waals surface area contributed by atoms with Crippen LogP contribution >= 0.6 is 24.0 Å². The van der Waals surface area contributed by atoms with Gasteiger partial charge in [-0.05, 0) is 37.3 Å². The normalized spacial score (nSPS) is 16.2. The van der Waals surface area contributed by atoms with E-state index in [1.54, 1.807) is 6.07 Å². The molecule has 2 rings (SSSR count). The molecule has 5 nitrogen and oxygen atoms in total. The lowest BCUT2D eigenvalue weighted by atomic mass is 10.00. The number of pyridine rings is 1. The van der Waals surface area contributed by atoms with E-state index in [9.17, 15) is 13.2 Å². The summed E-state index contributed by atoms with van der Waals surface area (Å²) in [6.45, 7) is 5.97. The minimum Gasteiger partial charge on any atom is -0.468 e. The Balaban J connectivity index is 0.00000338. The minimum absolute atomic E-state index is 0. The molecule has 1 fully saturated rings. The molecule has 26 heavy (non-hydrogen) atoms. The largest absolute Gasteiger partial charge is 0.468 e. The number of piperidine rings is 1. The Morgan fingerprint density at radius 3 is 2.69 bits per heavy atom. The Bertz CT molecular complexity index is 575. The Morgan fingerprint density at radius 2 is 2.08 bits per heavy atom. The molecule has 0 spiro atoms. The van der Waals surface area contributed by atoms with Gasteiger partial charge >= 0.3 is 6.18 Å². The van der Waals surface area contributed by atoms with Crippen molar-refractivity contribution in [1.29, 1.82) is 0 Å². The monoisotopic (exact) mass is 486 g/mol. The third-order valence-corrected chi connectivity index (χ3v) is 4.01. The number of nitrogens with zero attached hydrogens (tertiary/aromatic N) is 3. The van der Waals surface area contributed by atoms with Crippen molar-refractivity contribution in [3.63, 3.8) is 0 Å². The van der Waals surface area contributed by atoms with Gasteiger partial charge in [-0.15, -0.1) is 24.0 Å². The fourth-order valence-corrected chi connectivity index (χ4v) is 2.60. The highest BCUT2D eigenvalue weighted by Gasteiger charge is 2.28. The third-order valence-electron chi connectivity index (χ3n) is 4.01. The number of aromatic nitrogens is 1. The fraction of sp³-hybridized carbons (Fsp3) is 0.647. The number of guanidine groups is 1. The number of halogens is 4. The van der Waals surface area contributed by atoms with E-state index >= 15 is 0 Å². The summed E-state index contributed by atoms with van der Waals surface area (Å²) >= 11 is 0. The lowest BCUT2D eigenvalue weighted by Crippen LogP contribution is -2.45. The molecule has 0 bridgehead atoms. The van der Waals surface area contributed by atoms with Crippen molar-refractivity contribution in [2.24, 2.45) is 10.9 Å². The van der Waals surface area contributed by atoms with Crippen molar-refractivity contribution in [2.75, 3.05) is 26.2 Å². The van der Waals surface area contributed by atoms with Crippen LogP contribution in [-0.4, -0.2) is 48.3 Å². The van der Waals surface area contributed by atoms with Gasteiger partial charge in [0.25, 0.3) is 0 Å². The second kappa shape index (κ2) is 10.8. The van der Waals surface area contributed by atoms with Crippen LogP contribution in [0.5, 0.6) is 5.88 Å². The van der Waals surface area contributed by atoms with Gasteiger partial charge in [0.05, 0.1) is 6.54 Å². The molecule has 0 saturated carbocycles. The highest BCUT2D eigenvalue weighted by Crippen LogP contribution is 2.18. The minimum atomic E-state index is -4.38. The zero-order chi connectivity index (χ0) is 18.3. The molecule has 0 radical (unpaired) electrons. The van der Waals surface area contributed by atoms with Crippen LogP contribution in [0, 0.1) is 5.92 Å². The Morgan fingerprint density at radius 1 is 1.38 bits per heavy atom. The Labute approximate surface area is 169 Å². The molecular weight excluding hydrogens is 460 g/mol.